The summed E-state index contributed by atoms with van der Waals surface area (Å²) >= 11 is 10.9. The van der Waals surface area contributed by atoms with Crippen LogP contribution in [0.4, 0.5) is 11.4 Å². The molecular formula is C11H14ClN3OS. The van der Waals surface area contributed by atoms with Crippen LogP contribution in [0, 0.1) is 5.92 Å². The van der Waals surface area contributed by atoms with E-state index in [9.17, 15) is 4.79 Å². The van der Waals surface area contributed by atoms with Crippen LogP contribution < -0.4 is 16.4 Å². The number of carbonyl (C=O) groups is 1. The van der Waals surface area contributed by atoms with Crippen LogP contribution in [0.2, 0.25) is 5.02 Å². The Morgan fingerprint density at radius 1 is 1.47 bits per heavy atom. The van der Waals surface area contributed by atoms with Gasteiger partial charge in [0.2, 0.25) is 5.91 Å². The van der Waals surface area contributed by atoms with Gasteiger partial charge < -0.3 is 16.4 Å². The number of benzene rings is 1. The van der Waals surface area contributed by atoms with Crippen molar-refractivity contribution in [1.29, 1.82) is 0 Å². The predicted octanol–water partition coefficient (Wildman–Crippen LogP) is 2.39. The van der Waals surface area contributed by atoms with Crippen molar-refractivity contribution in [2.45, 2.75) is 13.8 Å². The van der Waals surface area contributed by atoms with Gasteiger partial charge in [0.15, 0.2) is 5.11 Å². The lowest BCUT2D eigenvalue weighted by Gasteiger charge is -2.12. The summed E-state index contributed by atoms with van der Waals surface area (Å²) in [5.74, 6) is -0.272. The second-order valence-electron chi connectivity index (χ2n) is 3.84. The predicted molar refractivity (Wildman–Crippen MR) is 75.1 cm³/mol. The van der Waals surface area contributed by atoms with Crippen molar-refractivity contribution in [3.05, 3.63) is 23.2 Å². The third-order valence-electron chi connectivity index (χ3n) is 2.00. The van der Waals surface area contributed by atoms with Gasteiger partial charge in [-0.1, -0.05) is 25.4 Å². The number of nitrogen functional groups attached to an aromatic ring is 1. The van der Waals surface area contributed by atoms with Gasteiger partial charge in [-0.15, -0.1) is 0 Å². The van der Waals surface area contributed by atoms with Gasteiger partial charge in [0.25, 0.3) is 0 Å². The lowest BCUT2D eigenvalue weighted by Crippen LogP contribution is -2.36. The quantitative estimate of drug-likeness (QED) is 0.571. The molecule has 0 saturated carbocycles. The highest BCUT2D eigenvalue weighted by atomic mass is 35.5. The van der Waals surface area contributed by atoms with E-state index in [0.717, 1.165) is 0 Å². The molecule has 0 aromatic heterocycles. The Bertz CT molecular complexity index is 448. The lowest BCUT2D eigenvalue weighted by atomic mass is 10.2. The first-order valence-electron chi connectivity index (χ1n) is 5.07. The number of halogens is 1. The fraction of sp³-hybridized carbons (Fsp3) is 0.273. The zero-order valence-corrected chi connectivity index (χ0v) is 11.2. The zero-order valence-electron chi connectivity index (χ0n) is 9.58. The molecule has 0 saturated heterocycles. The molecule has 4 N–H and O–H groups in total. The molecule has 92 valence electrons. The SMILES string of the molecule is CC(C)C(=O)NC(=S)Nc1ccc(N)cc1Cl. The molecule has 0 aliphatic carbocycles. The van der Waals surface area contributed by atoms with Crippen molar-refractivity contribution in [1.82, 2.24) is 5.32 Å². The van der Waals surface area contributed by atoms with E-state index in [1.54, 1.807) is 32.0 Å². The Morgan fingerprint density at radius 3 is 2.65 bits per heavy atom. The molecule has 17 heavy (non-hydrogen) atoms. The first-order valence-corrected chi connectivity index (χ1v) is 5.85. The maximum absolute atomic E-state index is 11.4. The van der Waals surface area contributed by atoms with E-state index < -0.39 is 0 Å². The summed E-state index contributed by atoms with van der Waals surface area (Å²) in [4.78, 5) is 11.4. The van der Waals surface area contributed by atoms with E-state index in [-0.39, 0.29) is 16.9 Å². The number of nitrogens with one attached hydrogen (secondary N) is 2. The molecule has 4 nitrogen and oxygen atoms in total. The van der Waals surface area contributed by atoms with Gasteiger partial charge in [-0.05, 0) is 30.4 Å². The van der Waals surface area contributed by atoms with Crippen molar-refractivity contribution >= 4 is 46.2 Å². The lowest BCUT2D eigenvalue weighted by molar-refractivity contribution is -0.122. The molecule has 1 rings (SSSR count). The highest BCUT2D eigenvalue weighted by molar-refractivity contribution is 7.80. The van der Waals surface area contributed by atoms with Crippen LogP contribution in [0.15, 0.2) is 18.2 Å². The number of thiocarbonyl (C=S) groups is 1. The number of amides is 1. The van der Waals surface area contributed by atoms with E-state index in [1.807, 2.05) is 0 Å². The maximum Gasteiger partial charge on any atom is 0.228 e. The third kappa shape index (κ3) is 4.20. The van der Waals surface area contributed by atoms with Gasteiger partial charge in [0.1, 0.15) is 0 Å². The van der Waals surface area contributed by atoms with Gasteiger partial charge in [0.05, 0.1) is 10.7 Å². The number of anilines is 2. The molecule has 1 aromatic carbocycles. The molecule has 0 radical (unpaired) electrons. The van der Waals surface area contributed by atoms with Crippen LogP contribution in [-0.2, 0) is 4.79 Å². The Kier molecular flexibility index (Phi) is 4.72. The molecule has 0 spiro atoms. The largest absolute Gasteiger partial charge is 0.399 e. The summed E-state index contributed by atoms with van der Waals surface area (Å²) in [5.41, 5.74) is 6.74. The Morgan fingerprint density at radius 2 is 2.12 bits per heavy atom. The second kappa shape index (κ2) is 5.84. The number of carbonyl (C=O) groups excluding carboxylic acids is 1. The molecule has 1 aromatic rings. The summed E-state index contributed by atoms with van der Waals surface area (Å²) in [6.45, 7) is 3.57. The first-order chi connectivity index (χ1) is 7.90. The van der Waals surface area contributed by atoms with Crippen LogP contribution in [0.3, 0.4) is 0 Å². The molecule has 0 heterocycles. The van der Waals surface area contributed by atoms with Crippen molar-refractivity contribution in [2.75, 3.05) is 11.1 Å². The van der Waals surface area contributed by atoms with E-state index in [0.29, 0.717) is 16.4 Å². The summed E-state index contributed by atoms with van der Waals surface area (Å²) in [7, 11) is 0. The summed E-state index contributed by atoms with van der Waals surface area (Å²) in [6, 6.07) is 5.00. The van der Waals surface area contributed by atoms with E-state index in [2.05, 4.69) is 10.6 Å². The monoisotopic (exact) mass is 271 g/mol. The number of nitrogens with two attached hydrogens (primary N) is 1. The van der Waals surface area contributed by atoms with Crippen LogP contribution in [0.25, 0.3) is 0 Å². The minimum absolute atomic E-state index is 0.128. The van der Waals surface area contributed by atoms with Crippen LogP contribution in [0.1, 0.15) is 13.8 Å². The van der Waals surface area contributed by atoms with Gasteiger partial charge in [-0.25, -0.2) is 0 Å². The Labute approximate surface area is 111 Å². The van der Waals surface area contributed by atoms with Gasteiger partial charge in [-0.2, -0.15) is 0 Å². The number of hydrogen-bond donors (Lipinski definition) is 3. The molecule has 1 amide bonds. The van der Waals surface area contributed by atoms with E-state index in [1.165, 1.54) is 0 Å². The molecule has 0 aliphatic heterocycles. The third-order valence-corrected chi connectivity index (χ3v) is 2.52. The molecule has 0 aliphatic rings. The highest BCUT2D eigenvalue weighted by Gasteiger charge is 2.09. The maximum atomic E-state index is 11.4. The fourth-order valence-electron chi connectivity index (χ4n) is 1.04. The highest BCUT2D eigenvalue weighted by Crippen LogP contribution is 2.23. The minimum Gasteiger partial charge on any atom is -0.399 e. The molecule has 0 unspecified atom stereocenters. The van der Waals surface area contributed by atoms with Crippen LogP contribution in [0.5, 0.6) is 0 Å². The number of rotatable bonds is 2. The summed E-state index contributed by atoms with van der Waals surface area (Å²) in [6.07, 6.45) is 0. The topological polar surface area (TPSA) is 67.2 Å². The smallest absolute Gasteiger partial charge is 0.228 e. The minimum atomic E-state index is -0.144. The second-order valence-corrected chi connectivity index (χ2v) is 4.65. The molecule has 6 heteroatoms. The van der Waals surface area contributed by atoms with E-state index in [4.69, 9.17) is 29.6 Å². The standard InChI is InChI=1S/C11H14ClN3OS/c1-6(2)10(16)15-11(17)14-9-4-3-7(13)5-8(9)12/h3-6H,13H2,1-2H3,(H2,14,15,16,17). The average Bonchev–Trinajstić information content (AvgIpc) is 2.22. The van der Waals surface area contributed by atoms with E-state index >= 15 is 0 Å². The van der Waals surface area contributed by atoms with Gasteiger partial charge >= 0.3 is 0 Å². The van der Waals surface area contributed by atoms with Crippen molar-refractivity contribution in [2.24, 2.45) is 5.92 Å². The van der Waals surface area contributed by atoms with Crippen molar-refractivity contribution < 1.29 is 4.79 Å². The van der Waals surface area contributed by atoms with Crippen LogP contribution in [-0.4, -0.2) is 11.0 Å². The summed E-state index contributed by atoms with van der Waals surface area (Å²) < 4.78 is 0. The van der Waals surface area contributed by atoms with Gasteiger partial charge in [0, 0.05) is 11.6 Å². The molecule has 0 fully saturated rings. The zero-order chi connectivity index (χ0) is 13.0. The van der Waals surface area contributed by atoms with Gasteiger partial charge in [-0.3, -0.25) is 4.79 Å². The molecule has 0 bridgehead atoms. The van der Waals surface area contributed by atoms with Crippen molar-refractivity contribution in [3.63, 3.8) is 0 Å². The Hall–Kier alpha value is -1.33. The van der Waals surface area contributed by atoms with Crippen LogP contribution >= 0.6 is 23.8 Å². The Balaban J connectivity index is 2.65. The molecule has 0 atom stereocenters. The number of hydrogen-bond acceptors (Lipinski definition) is 3. The normalized spacial score (nSPS) is 10.1. The first kappa shape index (κ1) is 13.7. The van der Waals surface area contributed by atoms with Crippen molar-refractivity contribution in [3.8, 4) is 0 Å². The average molecular weight is 272 g/mol. The summed E-state index contributed by atoms with van der Waals surface area (Å²) in [5, 5.41) is 6.06. The fourth-order valence-corrected chi connectivity index (χ4v) is 1.49. The molecular weight excluding hydrogens is 258 g/mol.